The molecular weight excluding hydrogens is 394 g/mol. The summed E-state index contributed by atoms with van der Waals surface area (Å²) < 4.78 is 0. The number of nitroso groups, excluding NO2 is 1. The van der Waals surface area contributed by atoms with E-state index in [4.69, 9.17) is 10.6 Å². The number of nitrogens with one attached hydrogen (secondary N) is 1. The Bertz CT molecular complexity index is 1020. The smallest absolute Gasteiger partial charge is 0.250 e. The molecule has 3 aromatic rings. The minimum Gasteiger partial charge on any atom is -0.693 e. The number of amides is 1. The van der Waals surface area contributed by atoms with Gasteiger partial charge in [0.05, 0.1) is 10.3 Å². The van der Waals surface area contributed by atoms with Crippen LogP contribution in [-0.4, -0.2) is 22.2 Å². The van der Waals surface area contributed by atoms with E-state index in [1.807, 2.05) is 78.9 Å². The molecule has 8 nitrogen and oxygen atoms in total. The van der Waals surface area contributed by atoms with Gasteiger partial charge in [0.25, 0.3) is 5.91 Å². The molecule has 4 atom stereocenters. The molecule has 0 aliphatic carbocycles. The summed E-state index contributed by atoms with van der Waals surface area (Å²) in [5.41, 5.74) is 7.43. The van der Waals surface area contributed by atoms with Gasteiger partial charge in [0.1, 0.15) is 5.29 Å². The lowest BCUT2D eigenvalue weighted by Gasteiger charge is -2.41. The standard InChI is InChI=1S/C23H22N4O3.H2N/c1-16(17-9-4-2-5-10-17)23(19-12-6-3-7-13-19)20(18-11-8-14-25-15-18)27(26-29)30-21(23)22(24)28;/h2-16,20-21H,1H3,(H2,24,28);1H2/q;-1/p+1. The molecule has 1 fully saturated rings. The number of pyridine rings is 1. The monoisotopic (exact) mass is 419 g/mol. The van der Waals surface area contributed by atoms with Crippen molar-refractivity contribution in [3.05, 3.63) is 113 Å². The third-order valence-electron chi connectivity index (χ3n) is 5.98. The molecule has 0 saturated carbocycles. The molecule has 1 aromatic heterocycles. The van der Waals surface area contributed by atoms with E-state index in [-0.39, 0.29) is 12.1 Å². The Morgan fingerprint density at radius 2 is 1.74 bits per heavy atom. The highest BCUT2D eigenvalue weighted by atomic mass is 16.7. The molecule has 1 aliphatic heterocycles. The highest BCUT2D eigenvalue weighted by molar-refractivity contribution is 5.82. The molecule has 1 saturated heterocycles. The summed E-state index contributed by atoms with van der Waals surface area (Å²) in [6.07, 6.45) is 2.25. The number of carbonyl (C=O) groups excluding carboxylic acids is 1. The van der Waals surface area contributed by atoms with E-state index in [0.29, 0.717) is 0 Å². The lowest BCUT2D eigenvalue weighted by molar-refractivity contribution is -0.747. The van der Waals surface area contributed by atoms with Gasteiger partial charge in [0, 0.05) is 23.1 Å². The summed E-state index contributed by atoms with van der Waals surface area (Å²) in [7, 11) is 0. The molecule has 2 aromatic carbocycles. The fraction of sp³-hybridized carbons (Fsp3) is 0.217. The zero-order chi connectivity index (χ0) is 21.1. The van der Waals surface area contributed by atoms with Crippen LogP contribution in [0.25, 0.3) is 6.15 Å². The number of hydrogen-bond acceptors (Lipinski definition) is 4. The maximum atomic E-state index is 12.7. The van der Waals surface area contributed by atoms with Crippen molar-refractivity contribution < 1.29 is 14.9 Å². The second-order valence-electron chi connectivity index (χ2n) is 7.43. The van der Waals surface area contributed by atoms with Crippen LogP contribution >= 0.6 is 0 Å². The zero-order valence-corrected chi connectivity index (χ0v) is 17.1. The second-order valence-corrected chi connectivity index (χ2v) is 7.43. The maximum absolute atomic E-state index is 12.7. The number of aromatic nitrogens is 1. The minimum absolute atomic E-state index is 0. The quantitative estimate of drug-likeness (QED) is 0.633. The normalized spacial score (nSPS) is 23.6. The third-order valence-corrected chi connectivity index (χ3v) is 5.98. The Balaban J connectivity index is 0.00000272. The number of hydrogen-bond donors (Lipinski definition) is 2. The minimum atomic E-state index is -1.08. The first-order valence-corrected chi connectivity index (χ1v) is 9.74. The molecule has 4 rings (SSSR count). The highest BCUT2D eigenvalue weighted by Crippen LogP contribution is 2.56. The lowest BCUT2D eigenvalue weighted by Crippen LogP contribution is -2.77. The van der Waals surface area contributed by atoms with Gasteiger partial charge in [-0.15, -0.1) is 0 Å². The van der Waals surface area contributed by atoms with Crippen molar-refractivity contribution in [2.45, 2.75) is 30.4 Å². The summed E-state index contributed by atoms with van der Waals surface area (Å²) in [5, 5.41) is 2.94. The van der Waals surface area contributed by atoms with Crippen LogP contribution in [0.4, 0.5) is 0 Å². The summed E-state index contributed by atoms with van der Waals surface area (Å²) >= 11 is 0. The van der Waals surface area contributed by atoms with Crippen molar-refractivity contribution in [2.75, 3.05) is 0 Å². The molecule has 1 aliphatic rings. The Kier molecular flexibility index (Phi) is 6.43. The number of hydrazine groups is 1. The SMILES string of the molecule is CC(c1ccccc1)C1(c2ccccc2)C(C(N)=O)ON([NH+]=O)C1c1cccnc1.[NH2-]. The molecule has 1 amide bonds. The van der Waals surface area contributed by atoms with E-state index in [0.717, 1.165) is 21.9 Å². The van der Waals surface area contributed by atoms with E-state index >= 15 is 0 Å². The molecule has 2 heterocycles. The largest absolute Gasteiger partial charge is 0.693 e. The first-order valence-electron chi connectivity index (χ1n) is 9.74. The van der Waals surface area contributed by atoms with Crippen LogP contribution in [0.3, 0.4) is 0 Å². The van der Waals surface area contributed by atoms with Crippen LogP contribution in [0.15, 0.2) is 85.2 Å². The van der Waals surface area contributed by atoms with Gasteiger partial charge in [-0.3, -0.25) is 9.78 Å². The summed E-state index contributed by atoms with van der Waals surface area (Å²) in [6.45, 7) is 2.03. The average Bonchev–Trinajstić information content (AvgIpc) is 3.17. The van der Waals surface area contributed by atoms with Gasteiger partial charge in [-0.1, -0.05) is 73.7 Å². The van der Waals surface area contributed by atoms with Crippen molar-refractivity contribution in [1.29, 1.82) is 0 Å². The third kappa shape index (κ3) is 3.56. The summed E-state index contributed by atoms with van der Waals surface area (Å²) in [4.78, 5) is 34.7. The topological polar surface area (TPSA) is 133 Å². The van der Waals surface area contributed by atoms with E-state index in [9.17, 15) is 9.70 Å². The van der Waals surface area contributed by atoms with Crippen molar-refractivity contribution in [2.24, 2.45) is 5.73 Å². The second kappa shape index (κ2) is 9.03. The predicted octanol–water partition coefficient (Wildman–Crippen LogP) is 2.44. The molecule has 0 spiro atoms. The first kappa shape index (κ1) is 22.1. The van der Waals surface area contributed by atoms with Gasteiger partial charge in [-0.25, -0.2) is 4.84 Å². The molecule has 0 radical (unpaired) electrons. The molecular formula is C23H25N5O3. The van der Waals surface area contributed by atoms with Crippen molar-refractivity contribution in [3.63, 3.8) is 0 Å². The molecule has 5 N–H and O–H groups in total. The number of hydroxylamine groups is 1. The van der Waals surface area contributed by atoms with E-state index in [2.05, 4.69) is 4.98 Å². The Morgan fingerprint density at radius 1 is 1.10 bits per heavy atom. The maximum Gasteiger partial charge on any atom is 0.250 e. The Morgan fingerprint density at radius 3 is 2.29 bits per heavy atom. The molecule has 4 unspecified atom stereocenters. The summed E-state index contributed by atoms with van der Waals surface area (Å²) in [6, 6.07) is 22.4. The van der Waals surface area contributed by atoms with Gasteiger partial charge < -0.3 is 11.9 Å². The van der Waals surface area contributed by atoms with Crippen molar-refractivity contribution in [1.82, 2.24) is 10.2 Å². The Hall–Kier alpha value is -3.62. The van der Waals surface area contributed by atoms with Gasteiger partial charge in [-0.2, -0.15) is 0 Å². The average molecular weight is 419 g/mol. The highest BCUT2D eigenvalue weighted by Gasteiger charge is 2.65. The van der Waals surface area contributed by atoms with Crippen LogP contribution in [-0.2, 0) is 15.0 Å². The molecule has 160 valence electrons. The number of rotatable bonds is 6. The van der Waals surface area contributed by atoms with Crippen LogP contribution < -0.4 is 11.0 Å². The van der Waals surface area contributed by atoms with E-state index in [1.165, 1.54) is 0 Å². The van der Waals surface area contributed by atoms with Crippen LogP contribution in [0, 0.1) is 4.91 Å². The fourth-order valence-corrected chi connectivity index (χ4v) is 4.68. The van der Waals surface area contributed by atoms with Gasteiger partial charge in [0.2, 0.25) is 0 Å². The predicted molar refractivity (Wildman–Crippen MR) is 115 cm³/mol. The Labute approximate surface area is 180 Å². The van der Waals surface area contributed by atoms with Crippen LogP contribution in [0.2, 0.25) is 0 Å². The number of benzene rings is 2. The van der Waals surface area contributed by atoms with Crippen molar-refractivity contribution >= 4 is 5.91 Å². The van der Waals surface area contributed by atoms with Crippen molar-refractivity contribution in [3.8, 4) is 0 Å². The number of nitrogens with zero attached hydrogens (tertiary/aromatic N) is 2. The van der Waals surface area contributed by atoms with Crippen LogP contribution in [0.1, 0.15) is 35.6 Å². The van der Waals surface area contributed by atoms with Crippen LogP contribution in [0.5, 0.6) is 0 Å². The molecule has 31 heavy (non-hydrogen) atoms. The molecule has 8 heteroatoms. The van der Waals surface area contributed by atoms with E-state index < -0.39 is 23.5 Å². The zero-order valence-electron chi connectivity index (χ0n) is 17.1. The van der Waals surface area contributed by atoms with Gasteiger partial charge in [0.15, 0.2) is 12.1 Å². The van der Waals surface area contributed by atoms with Gasteiger partial charge >= 0.3 is 0 Å². The lowest BCUT2D eigenvalue weighted by atomic mass is 9.60. The van der Waals surface area contributed by atoms with E-state index in [1.54, 1.807) is 18.5 Å². The van der Waals surface area contributed by atoms with Gasteiger partial charge in [-0.05, 0) is 23.1 Å². The first-order chi connectivity index (χ1) is 14.6. The number of primary amides is 1. The summed E-state index contributed by atoms with van der Waals surface area (Å²) in [5.74, 6) is -0.879. The fourth-order valence-electron chi connectivity index (χ4n) is 4.68. The number of carbonyl (C=O) groups is 1. The molecule has 0 bridgehead atoms. The number of nitrogens with two attached hydrogens (primary N) is 2.